The molecule has 10 heteroatoms. The Labute approximate surface area is 225 Å². The Morgan fingerprint density at radius 2 is 1.74 bits per heavy atom. The molecule has 1 N–H and O–H groups in total. The summed E-state index contributed by atoms with van der Waals surface area (Å²) in [6.45, 7) is 2.07. The van der Waals surface area contributed by atoms with Crippen molar-refractivity contribution in [3.63, 3.8) is 0 Å². The van der Waals surface area contributed by atoms with Crippen LogP contribution < -0.4 is 18.9 Å². The van der Waals surface area contributed by atoms with Crippen molar-refractivity contribution in [3.8, 4) is 23.0 Å². The van der Waals surface area contributed by atoms with Crippen molar-refractivity contribution in [2.45, 2.75) is 32.0 Å². The number of hydrogen-bond donors (Lipinski definition) is 1. The van der Waals surface area contributed by atoms with Gasteiger partial charge in [0.25, 0.3) is 0 Å². The van der Waals surface area contributed by atoms with Gasteiger partial charge in [-0.3, -0.25) is 9.69 Å². The molecule has 0 spiro atoms. The van der Waals surface area contributed by atoms with Crippen LogP contribution in [0.15, 0.2) is 77.8 Å². The number of carbonyl (C=O) groups is 2. The van der Waals surface area contributed by atoms with Gasteiger partial charge in [0.2, 0.25) is 12.7 Å². The summed E-state index contributed by atoms with van der Waals surface area (Å²) >= 11 is 0. The summed E-state index contributed by atoms with van der Waals surface area (Å²) in [4.78, 5) is 30.0. The fourth-order valence-corrected chi connectivity index (χ4v) is 4.23. The van der Waals surface area contributed by atoms with Crippen molar-refractivity contribution in [1.29, 1.82) is 0 Å². The van der Waals surface area contributed by atoms with Crippen LogP contribution in [0.2, 0.25) is 0 Å². The number of carbonyl (C=O) groups excluding carboxylic acids is 1. The van der Waals surface area contributed by atoms with Gasteiger partial charge >= 0.3 is 12.1 Å². The summed E-state index contributed by atoms with van der Waals surface area (Å²) in [5, 5.41) is 9.31. The van der Waals surface area contributed by atoms with Gasteiger partial charge in [-0.25, -0.2) is 9.79 Å². The van der Waals surface area contributed by atoms with E-state index in [1.807, 2.05) is 37.3 Å². The van der Waals surface area contributed by atoms with Crippen LogP contribution in [0, 0.1) is 0 Å². The van der Waals surface area contributed by atoms with Crippen LogP contribution in [0.4, 0.5) is 4.79 Å². The molecule has 0 saturated heterocycles. The number of aliphatic carboxylic acids is 1. The van der Waals surface area contributed by atoms with E-state index in [0.29, 0.717) is 36.2 Å². The Hall–Kier alpha value is -4.73. The van der Waals surface area contributed by atoms with Crippen LogP contribution in [-0.2, 0) is 16.1 Å². The van der Waals surface area contributed by atoms with Crippen LogP contribution in [-0.4, -0.2) is 60.1 Å². The number of hydrogen-bond acceptors (Lipinski definition) is 8. The SMILES string of the molecule is CC1OC(c2ccccc2)=NC1CCOc1ccc(CN(CC(=O)O)C(=O)Oc2ccc3c(c2)OCO3)cc1. The Morgan fingerprint density at radius 3 is 2.51 bits per heavy atom. The largest absolute Gasteiger partial charge is 0.494 e. The minimum atomic E-state index is -1.15. The van der Waals surface area contributed by atoms with E-state index in [-0.39, 0.29) is 31.2 Å². The molecule has 0 aromatic heterocycles. The van der Waals surface area contributed by atoms with E-state index in [4.69, 9.17) is 28.7 Å². The Kier molecular flexibility index (Phi) is 7.81. The van der Waals surface area contributed by atoms with Crippen molar-refractivity contribution in [2.75, 3.05) is 19.9 Å². The molecule has 0 saturated carbocycles. The first kappa shape index (κ1) is 25.9. The zero-order valence-corrected chi connectivity index (χ0v) is 21.3. The fourth-order valence-electron chi connectivity index (χ4n) is 4.23. The molecule has 2 aliphatic heterocycles. The van der Waals surface area contributed by atoms with Gasteiger partial charge in [0.05, 0.1) is 12.6 Å². The van der Waals surface area contributed by atoms with Crippen LogP contribution >= 0.6 is 0 Å². The predicted octanol–water partition coefficient (Wildman–Crippen LogP) is 4.50. The number of fused-ring (bicyclic) bond motifs is 1. The van der Waals surface area contributed by atoms with Crippen LogP contribution in [0.3, 0.4) is 0 Å². The predicted molar refractivity (Wildman–Crippen MR) is 141 cm³/mol. The maximum absolute atomic E-state index is 12.7. The van der Waals surface area contributed by atoms with Gasteiger partial charge in [-0.05, 0) is 48.9 Å². The number of ether oxygens (including phenoxy) is 5. The topological polar surface area (TPSA) is 116 Å². The van der Waals surface area contributed by atoms with Crippen molar-refractivity contribution in [3.05, 3.63) is 83.9 Å². The van der Waals surface area contributed by atoms with Crippen molar-refractivity contribution in [2.24, 2.45) is 4.99 Å². The molecule has 0 bridgehead atoms. The van der Waals surface area contributed by atoms with Gasteiger partial charge in [-0.2, -0.15) is 0 Å². The van der Waals surface area contributed by atoms with Gasteiger partial charge in [0, 0.05) is 24.6 Å². The Balaban J connectivity index is 1.14. The highest BCUT2D eigenvalue weighted by atomic mass is 16.7. The molecule has 39 heavy (non-hydrogen) atoms. The van der Waals surface area contributed by atoms with Crippen LogP contribution in [0.1, 0.15) is 24.5 Å². The summed E-state index contributed by atoms with van der Waals surface area (Å²) in [6, 6.07) is 21.6. The number of benzene rings is 3. The monoisotopic (exact) mass is 532 g/mol. The second-order valence-corrected chi connectivity index (χ2v) is 9.10. The molecule has 1 amide bonds. The molecule has 0 aliphatic carbocycles. The third-order valence-corrected chi connectivity index (χ3v) is 6.26. The zero-order chi connectivity index (χ0) is 27.2. The molecule has 3 aromatic carbocycles. The summed E-state index contributed by atoms with van der Waals surface area (Å²) in [5.41, 5.74) is 1.68. The normalized spacial score (nSPS) is 17.2. The maximum Gasteiger partial charge on any atom is 0.416 e. The quantitative estimate of drug-likeness (QED) is 0.406. The molecule has 0 radical (unpaired) electrons. The molecule has 5 rings (SSSR count). The first-order valence-electron chi connectivity index (χ1n) is 12.5. The second kappa shape index (κ2) is 11.8. The highest BCUT2D eigenvalue weighted by Crippen LogP contribution is 2.35. The van der Waals surface area contributed by atoms with Crippen LogP contribution in [0.5, 0.6) is 23.0 Å². The van der Waals surface area contributed by atoms with E-state index in [0.717, 1.165) is 16.0 Å². The number of rotatable bonds is 10. The third-order valence-electron chi connectivity index (χ3n) is 6.26. The van der Waals surface area contributed by atoms with Crippen molar-refractivity contribution >= 4 is 18.0 Å². The summed E-state index contributed by atoms with van der Waals surface area (Å²) in [5.74, 6) is 1.39. The lowest BCUT2D eigenvalue weighted by molar-refractivity contribution is -0.138. The number of aliphatic imine (C=N–C) groups is 1. The summed E-state index contributed by atoms with van der Waals surface area (Å²) in [7, 11) is 0. The molecule has 2 aliphatic rings. The summed E-state index contributed by atoms with van der Waals surface area (Å²) < 4.78 is 27.7. The van der Waals surface area contributed by atoms with Crippen molar-refractivity contribution < 1.29 is 38.4 Å². The lowest BCUT2D eigenvalue weighted by Crippen LogP contribution is -2.37. The van der Waals surface area contributed by atoms with Gasteiger partial charge in [0.1, 0.15) is 24.1 Å². The average Bonchev–Trinajstić information content (AvgIpc) is 3.55. The number of carboxylic acid groups (broad SMARTS) is 1. The number of nitrogens with zero attached hydrogens (tertiary/aromatic N) is 2. The zero-order valence-electron chi connectivity index (χ0n) is 21.3. The minimum absolute atomic E-state index is 0.000158. The van der Waals surface area contributed by atoms with Gasteiger partial charge in [-0.15, -0.1) is 0 Å². The van der Waals surface area contributed by atoms with Crippen molar-refractivity contribution in [1.82, 2.24) is 4.90 Å². The molecule has 2 atom stereocenters. The van der Waals surface area contributed by atoms with Crippen LogP contribution in [0.25, 0.3) is 0 Å². The maximum atomic E-state index is 12.7. The van der Waals surface area contributed by atoms with E-state index in [1.54, 1.807) is 36.4 Å². The molecule has 2 unspecified atom stereocenters. The smallest absolute Gasteiger partial charge is 0.416 e. The van der Waals surface area contributed by atoms with Gasteiger partial charge < -0.3 is 28.8 Å². The summed E-state index contributed by atoms with van der Waals surface area (Å²) in [6.07, 6.45) is -0.138. The first-order valence-corrected chi connectivity index (χ1v) is 12.5. The molecule has 202 valence electrons. The third kappa shape index (κ3) is 6.59. The van der Waals surface area contributed by atoms with Gasteiger partial charge in [-0.1, -0.05) is 30.3 Å². The van der Waals surface area contributed by atoms with E-state index in [9.17, 15) is 14.7 Å². The molecule has 3 aromatic rings. The fraction of sp³-hybridized carbons (Fsp3) is 0.276. The number of amides is 1. The lowest BCUT2D eigenvalue weighted by Gasteiger charge is -2.20. The van der Waals surface area contributed by atoms with E-state index in [2.05, 4.69) is 0 Å². The van der Waals surface area contributed by atoms with E-state index < -0.39 is 18.6 Å². The molecule has 2 heterocycles. The highest BCUT2D eigenvalue weighted by Gasteiger charge is 2.27. The number of carboxylic acids is 1. The highest BCUT2D eigenvalue weighted by molar-refractivity contribution is 5.95. The second-order valence-electron chi connectivity index (χ2n) is 9.10. The lowest BCUT2D eigenvalue weighted by atomic mass is 10.1. The van der Waals surface area contributed by atoms with E-state index >= 15 is 0 Å². The molecular formula is C29H28N2O8. The Bertz CT molecular complexity index is 1340. The molecule has 10 nitrogen and oxygen atoms in total. The van der Waals surface area contributed by atoms with E-state index in [1.165, 1.54) is 6.07 Å². The molecule has 0 fully saturated rings. The first-order chi connectivity index (χ1) is 18.9. The van der Waals surface area contributed by atoms with Gasteiger partial charge in [0.15, 0.2) is 11.5 Å². The Morgan fingerprint density at radius 1 is 1.00 bits per heavy atom. The minimum Gasteiger partial charge on any atom is -0.494 e. The standard InChI is InChI=1S/C29H28N2O8/c1-19-24(30-28(38-19)21-5-3-2-4-6-21)13-14-35-22-9-7-20(8-10-22)16-31(17-27(32)33)29(34)39-23-11-12-25-26(15-23)37-18-36-25/h2-12,15,19,24H,13-14,16-18H2,1H3,(H,32,33). The average molecular weight is 533 g/mol. The molecular weight excluding hydrogens is 504 g/mol.